The van der Waals surface area contributed by atoms with Gasteiger partial charge in [0.1, 0.15) is 0 Å². The van der Waals surface area contributed by atoms with Crippen LogP contribution in [0.15, 0.2) is 30.3 Å². The van der Waals surface area contributed by atoms with Crippen molar-refractivity contribution in [1.82, 2.24) is 20.1 Å². The maximum absolute atomic E-state index is 12.6. The number of hydrogen-bond donors (Lipinski definition) is 2. The zero-order chi connectivity index (χ0) is 19.6. The molecule has 0 saturated heterocycles. The third-order valence-electron chi connectivity index (χ3n) is 4.06. The van der Waals surface area contributed by atoms with Crippen LogP contribution >= 0.6 is 0 Å². The predicted molar refractivity (Wildman–Crippen MR) is 103 cm³/mol. The molecule has 3 aromatic rings. The maximum atomic E-state index is 12.6. The van der Waals surface area contributed by atoms with Crippen LogP contribution in [0.4, 0.5) is 5.69 Å². The fourth-order valence-electron chi connectivity index (χ4n) is 2.90. The zero-order valence-electron chi connectivity index (χ0n) is 15.3. The SMILES string of the molecule is C#Cc1cccc(NC(=O)CNC(=O)c2cc(C)nc3c2c(C)nn3C)c1. The molecule has 0 aliphatic rings. The summed E-state index contributed by atoms with van der Waals surface area (Å²) >= 11 is 0. The number of nitrogens with zero attached hydrogens (tertiary/aromatic N) is 3. The number of amides is 2. The van der Waals surface area contributed by atoms with E-state index < -0.39 is 0 Å². The van der Waals surface area contributed by atoms with Gasteiger partial charge >= 0.3 is 0 Å². The highest BCUT2D eigenvalue weighted by Crippen LogP contribution is 2.21. The van der Waals surface area contributed by atoms with Crippen molar-refractivity contribution < 1.29 is 9.59 Å². The molecule has 0 fully saturated rings. The largest absolute Gasteiger partial charge is 0.343 e. The van der Waals surface area contributed by atoms with Crippen LogP contribution < -0.4 is 10.6 Å². The minimum absolute atomic E-state index is 0.165. The number of fused-ring (bicyclic) bond motifs is 1. The standard InChI is InChI=1S/C20H19N5O2/c1-5-14-7-6-8-15(10-14)23-17(26)11-21-20(27)16-9-12(2)22-19-18(16)13(3)24-25(19)4/h1,6-10H,11H2,2-4H3,(H,21,27)(H,23,26). The van der Waals surface area contributed by atoms with Gasteiger partial charge in [-0.2, -0.15) is 5.10 Å². The Hall–Kier alpha value is -3.66. The van der Waals surface area contributed by atoms with E-state index in [0.717, 1.165) is 0 Å². The average Bonchev–Trinajstić information content (AvgIpc) is 2.93. The fraction of sp³-hybridized carbons (Fsp3) is 0.200. The number of terminal acetylenes is 1. The first-order valence-corrected chi connectivity index (χ1v) is 8.34. The molecule has 0 saturated carbocycles. The van der Waals surface area contributed by atoms with E-state index in [-0.39, 0.29) is 18.4 Å². The number of aromatic nitrogens is 3. The minimum atomic E-state index is -0.353. The van der Waals surface area contributed by atoms with Crippen LogP contribution in [0.5, 0.6) is 0 Å². The highest BCUT2D eigenvalue weighted by Gasteiger charge is 2.18. The van der Waals surface area contributed by atoms with Crippen LogP contribution in [0, 0.1) is 26.2 Å². The first-order valence-electron chi connectivity index (χ1n) is 8.34. The van der Waals surface area contributed by atoms with E-state index in [0.29, 0.717) is 39.2 Å². The van der Waals surface area contributed by atoms with Gasteiger partial charge in [-0.15, -0.1) is 6.42 Å². The lowest BCUT2D eigenvalue weighted by Crippen LogP contribution is -2.33. The van der Waals surface area contributed by atoms with Crippen molar-refractivity contribution in [2.24, 2.45) is 7.05 Å². The van der Waals surface area contributed by atoms with Gasteiger partial charge in [0.15, 0.2) is 5.65 Å². The second kappa shape index (κ2) is 7.30. The molecule has 7 nitrogen and oxygen atoms in total. The van der Waals surface area contributed by atoms with E-state index in [4.69, 9.17) is 6.42 Å². The first kappa shape index (κ1) is 18.1. The lowest BCUT2D eigenvalue weighted by atomic mass is 10.1. The summed E-state index contributed by atoms with van der Waals surface area (Å²) in [5, 5.41) is 10.4. The minimum Gasteiger partial charge on any atom is -0.343 e. The summed E-state index contributed by atoms with van der Waals surface area (Å²) < 4.78 is 1.64. The van der Waals surface area contributed by atoms with Crippen molar-refractivity contribution in [2.75, 3.05) is 11.9 Å². The second-order valence-electron chi connectivity index (χ2n) is 6.17. The summed E-state index contributed by atoms with van der Waals surface area (Å²) in [4.78, 5) is 29.2. The topological polar surface area (TPSA) is 88.9 Å². The lowest BCUT2D eigenvalue weighted by molar-refractivity contribution is -0.115. The molecule has 2 heterocycles. The van der Waals surface area contributed by atoms with Crippen molar-refractivity contribution in [1.29, 1.82) is 0 Å². The van der Waals surface area contributed by atoms with Crippen LogP contribution in [-0.4, -0.2) is 33.1 Å². The molecular weight excluding hydrogens is 342 g/mol. The molecule has 27 heavy (non-hydrogen) atoms. The Morgan fingerprint density at radius 3 is 2.78 bits per heavy atom. The Morgan fingerprint density at radius 1 is 1.26 bits per heavy atom. The number of hydrogen-bond acceptors (Lipinski definition) is 4. The summed E-state index contributed by atoms with van der Waals surface area (Å²) in [7, 11) is 1.78. The van der Waals surface area contributed by atoms with Gasteiger partial charge in [0.25, 0.3) is 5.91 Å². The summed E-state index contributed by atoms with van der Waals surface area (Å²) in [5.74, 6) is 1.81. The van der Waals surface area contributed by atoms with Crippen LogP contribution in [-0.2, 0) is 11.8 Å². The number of carbonyl (C=O) groups is 2. The molecule has 0 aliphatic heterocycles. The molecule has 136 valence electrons. The van der Waals surface area contributed by atoms with E-state index in [1.165, 1.54) is 0 Å². The molecule has 0 spiro atoms. The molecule has 0 atom stereocenters. The Balaban J connectivity index is 1.73. The molecule has 1 aromatic carbocycles. The third-order valence-corrected chi connectivity index (χ3v) is 4.06. The summed E-state index contributed by atoms with van der Waals surface area (Å²) in [6.45, 7) is 3.46. The Kier molecular flexibility index (Phi) is 4.90. The van der Waals surface area contributed by atoms with Gasteiger partial charge in [-0.3, -0.25) is 14.3 Å². The average molecular weight is 361 g/mol. The second-order valence-corrected chi connectivity index (χ2v) is 6.17. The molecule has 0 bridgehead atoms. The molecule has 2 N–H and O–H groups in total. The lowest BCUT2D eigenvalue weighted by Gasteiger charge is -2.09. The normalized spacial score (nSPS) is 10.4. The van der Waals surface area contributed by atoms with E-state index in [1.807, 2.05) is 13.8 Å². The van der Waals surface area contributed by atoms with Gasteiger partial charge in [0.05, 0.1) is 23.2 Å². The van der Waals surface area contributed by atoms with Gasteiger partial charge < -0.3 is 10.6 Å². The smallest absolute Gasteiger partial charge is 0.252 e. The van der Waals surface area contributed by atoms with E-state index >= 15 is 0 Å². The van der Waals surface area contributed by atoms with Crippen molar-refractivity contribution >= 4 is 28.5 Å². The molecule has 2 aromatic heterocycles. The number of carbonyl (C=O) groups excluding carboxylic acids is 2. The fourth-order valence-corrected chi connectivity index (χ4v) is 2.90. The Labute approximate surface area is 156 Å². The van der Waals surface area contributed by atoms with Gasteiger partial charge in [-0.1, -0.05) is 12.0 Å². The maximum Gasteiger partial charge on any atom is 0.252 e. The van der Waals surface area contributed by atoms with Crippen molar-refractivity contribution in [3.05, 3.63) is 52.8 Å². The van der Waals surface area contributed by atoms with E-state index in [1.54, 1.807) is 42.1 Å². The summed E-state index contributed by atoms with van der Waals surface area (Å²) in [6, 6.07) is 8.64. The number of rotatable bonds is 4. The van der Waals surface area contributed by atoms with Crippen LogP contribution in [0.25, 0.3) is 11.0 Å². The monoisotopic (exact) mass is 361 g/mol. The van der Waals surface area contributed by atoms with Gasteiger partial charge in [0, 0.05) is 24.0 Å². The van der Waals surface area contributed by atoms with Crippen molar-refractivity contribution in [2.45, 2.75) is 13.8 Å². The molecule has 0 aliphatic carbocycles. The third kappa shape index (κ3) is 3.80. The molecule has 3 rings (SSSR count). The zero-order valence-corrected chi connectivity index (χ0v) is 15.3. The molecule has 0 radical (unpaired) electrons. The molecule has 2 amide bonds. The van der Waals surface area contributed by atoms with Crippen molar-refractivity contribution in [3.8, 4) is 12.3 Å². The number of pyridine rings is 1. The molecule has 0 unspecified atom stereocenters. The number of aryl methyl sites for hydroxylation is 3. The molecular formula is C20H19N5O2. The number of benzene rings is 1. The number of anilines is 1. The van der Waals surface area contributed by atoms with Gasteiger partial charge in [0.2, 0.25) is 5.91 Å². The van der Waals surface area contributed by atoms with Gasteiger partial charge in [-0.05, 0) is 38.1 Å². The van der Waals surface area contributed by atoms with Gasteiger partial charge in [-0.25, -0.2) is 4.98 Å². The van der Waals surface area contributed by atoms with Crippen molar-refractivity contribution in [3.63, 3.8) is 0 Å². The predicted octanol–water partition coefficient (Wildman–Crippen LogP) is 1.93. The number of nitrogens with one attached hydrogen (secondary N) is 2. The Bertz CT molecular complexity index is 1090. The highest BCUT2D eigenvalue weighted by molar-refractivity contribution is 6.08. The Morgan fingerprint density at radius 2 is 2.04 bits per heavy atom. The van der Waals surface area contributed by atoms with E-state index in [9.17, 15) is 9.59 Å². The van der Waals surface area contributed by atoms with Crippen LogP contribution in [0.2, 0.25) is 0 Å². The quantitative estimate of drug-likeness (QED) is 0.695. The molecule has 7 heteroatoms. The highest BCUT2D eigenvalue weighted by atomic mass is 16.2. The van der Waals surface area contributed by atoms with Crippen LogP contribution in [0.1, 0.15) is 27.3 Å². The first-order chi connectivity index (χ1) is 12.9. The summed E-state index contributed by atoms with van der Waals surface area (Å²) in [5.41, 5.74) is 3.74. The van der Waals surface area contributed by atoms with E-state index in [2.05, 4.69) is 26.6 Å². The summed E-state index contributed by atoms with van der Waals surface area (Å²) in [6.07, 6.45) is 5.35. The van der Waals surface area contributed by atoms with Crippen LogP contribution in [0.3, 0.4) is 0 Å².